The molecule has 0 radical (unpaired) electrons. The van der Waals surface area contributed by atoms with Crippen LogP contribution in [0.25, 0.3) is 75.2 Å². The molecule has 0 saturated carbocycles. The fourth-order valence-corrected chi connectivity index (χ4v) is 8.70. The van der Waals surface area contributed by atoms with Crippen molar-refractivity contribution < 1.29 is 0 Å². The number of hydrogen-bond donors (Lipinski definition) is 2. The molecule has 1 aliphatic heterocycles. The molecule has 3 aromatic heterocycles. The van der Waals surface area contributed by atoms with Crippen molar-refractivity contribution in [2.45, 2.75) is 6.29 Å². The van der Waals surface area contributed by atoms with Gasteiger partial charge in [-0.1, -0.05) is 91.0 Å². The zero-order chi connectivity index (χ0) is 29.5. The van der Waals surface area contributed by atoms with Gasteiger partial charge in [0.25, 0.3) is 0 Å². The van der Waals surface area contributed by atoms with E-state index in [9.17, 15) is 0 Å². The highest BCUT2D eigenvalue weighted by Crippen LogP contribution is 2.43. The van der Waals surface area contributed by atoms with E-state index in [2.05, 4.69) is 159 Å². The fraction of sp³-hybridized carbons (Fsp3) is 0.0500. The van der Waals surface area contributed by atoms with E-state index < -0.39 is 0 Å². The molecular weight excluding hydrogens is 569 g/mol. The molecule has 0 aliphatic carbocycles. The number of thiophene rings is 1. The van der Waals surface area contributed by atoms with Crippen LogP contribution in [-0.4, -0.2) is 15.7 Å². The number of nitrogens with zero attached hydrogens (tertiary/aromatic N) is 2. The molecule has 0 saturated heterocycles. The molecule has 45 heavy (non-hydrogen) atoms. The van der Waals surface area contributed by atoms with Crippen molar-refractivity contribution in [2.75, 3.05) is 6.54 Å². The Hall–Kier alpha value is -5.36. The number of para-hydroxylation sites is 3. The topological polar surface area (TPSA) is 33.9 Å². The highest BCUT2D eigenvalue weighted by atomic mass is 32.1. The molecule has 2 N–H and O–H groups in total. The first-order chi connectivity index (χ1) is 22.3. The Kier molecular flexibility index (Phi) is 5.32. The van der Waals surface area contributed by atoms with Crippen LogP contribution in [0.4, 0.5) is 0 Å². The van der Waals surface area contributed by atoms with Gasteiger partial charge >= 0.3 is 0 Å². The van der Waals surface area contributed by atoms with Gasteiger partial charge in [0.05, 0.1) is 22.1 Å². The molecule has 0 amide bonds. The Morgan fingerprint density at radius 3 is 2.07 bits per heavy atom. The van der Waals surface area contributed by atoms with E-state index in [-0.39, 0.29) is 6.29 Å². The van der Waals surface area contributed by atoms with E-state index in [1.807, 2.05) is 11.3 Å². The number of aromatic nitrogens is 2. The van der Waals surface area contributed by atoms with Crippen LogP contribution in [0.1, 0.15) is 11.9 Å². The van der Waals surface area contributed by atoms with Crippen molar-refractivity contribution in [1.29, 1.82) is 0 Å². The summed E-state index contributed by atoms with van der Waals surface area (Å²) >= 11 is 1.90. The maximum absolute atomic E-state index is 3.89. The van der Waals surface area contributed by atoms with Gasteiger partial charge in [0.15, 0.2) is 6.29 Å². The minimum absolute atomic E-state index is 0.101. The van der Waals surface area contributed by atoms with Crippen molar-refractivity contribution in [3.8, 4) is 5.69 Å². The Morgan fingerprint density at radius 2 is 1.27 bits per heavy atom. The lowest BCUT2D eigenvalue weighted by atomic mass is 10.1. The molecule has 6 aromatic carbocycles. The van der Waals surface area contributed by atoms with Gasteiger partial charge < -0.3 is 14.5 Å². The number of nitrogens with one attached hydrogen (secondary N) is 2. The Bertz CT molecular complexity index is 2600. The summed E-state index contributed by atoms with van der Waals surface area (Å²) in [6, 6.07) is 48.5. The molecule has 5 heteroatoms. The van der Waals surface area contributed by atoms with Gasteiger partial charge in [0.1, 0.15) is 0 Å². The van der Waals surface area contributed by atoms with E-state index in [0.717, 1.165) is 17.9 Å². The largest absolute Gasteiger partial charge is 0.352 e. The summed E-state index contributed by atoms with van der Waals surface area (Å²) in [6.45, 7) is 0.770. The summed E-state index contributed by atoms with van der Waals surface area (Å²) in [5, 5.41) is 15.5. The maximum Gasteiger partial charge on any atom is 0.160 e. The fourth-order valence-electron chi connectivity index (χ4n) is 7.44. The summed E-state index contributed by atoms with van der Waals surface area (Å²) in [7, 11) is 0. The molecule has 4 nitrogen and oxygen atoms in total. The molecule has 0 fully saturated rings. The zero-order valence-corrected chi connectivity index (χ0v) is 25.2. The number of benzene rings is 6. The van der Waals surface area contributed by atoms with Crippen molar-refractivity contribution in [2.24, 2.45) is 0 Å². The first kappa shape index (κ1) is 25.0. The predicted molar refractivity (Wildman–Crippen MR) is 191 cm³/mol. The van der Waals surface area contributed by atoms with Crippen molar-refractivity contribution >= 4 is 80.8 Å². The van der Waals surface area contributed by atoms with Gasteiger partial charge in [0, 0.05) is 59.6 Å². The van der Waals surface area contributed by atoms with E-state index in [4.69, 9.17) is 0 Å². The van der Waals surface area contributed by atoms with E-state index in [1.54, 1.807) is 0 Å². The van der Waals surface area contributed by atoms with Gasteiger partial charge in [0.2, 0.25) is 0 Å². The third kappa shape index (κ3) is 3.62. The van der Waals surface area contributed by atoms with Crippen LogP contribution in [0.2, 0.25) is 0 Å². The summed E-state index contributed by atoms with van der Waals surface area (Å²) < 4.78 is 7.52. The molecule has 1 atom stereocenters. The Morgan fingerprint density at radius 1 is 0.578 bits per heavy atom. The normalized spacial score (nSPS) is 15.5. The first-order valence-electron chi connectivity index (χ1n) is 15.5. The second-order valence-electron chi connectivity index (χ2n) is 11.8. The SMILES string of the molecule is C1=C(c2cccc(-n3c4ccccc4c4ccccc43)c2)NC(n2c3ccccc3c3c4sc5ccccc5c4ccc32)NC1. The molecule has 214 valence electrons. The lowest BCUT2D eigenvalue weighted by Gasteiger charge is -2.30. The maximum atomic E-state index is 3.89. The molecular formula is C40H28N4S. The van der Waals surface area contributed by atoms with Crippen LogP contribution in [0, 0.1) is 0 Å². The van der Waals surface area contributed by atoms with Gasteiger partial charge in [-0.3, -0.25) is 5.32 Å². The van der Waals surface area contributed by atoms with Gasteiger partial charge in [-0.25, -0.2) is 0 Å². The lowest BCUT2D eigenvalue weighted by molar-refractivity contribution is 0.395. The van der Waals surface area contributed by atoms with Crippen LogP contribution < -0.4 is 10.6 Å². The summed E-state index contributed by atoms with van der Waals surface area (Å²) in [6.07, 6.45) is 2.16. The van der Waals surface area contributed by atoms with E-state index in [1.165, 1.54) is 69.3 Å². The molecule has 9 aromatic rings. The van der Waals surface area contributed by atoms with Crippen LogP contribution >= 0.6 is 11.3 Å². The average Bonchev–Trinajstić information content (AvgIpc) is 3.76. The third-order valence-electron chi connectivity index (χ3n) is 9.38. The van der Waals surface area contributed by atoms with Crippen LogP contribution in [0.5, 0.6) is 0 Å². The molecule has 0 bridgehead atoms. The number of rotatable bonds is 3. The first-order valence-corrected chi connectivity index (χ1v) is 16.3. The zero-order valence-electron chi connectivity index (χ0n) is 24.4. The van der Waals surface area contributed by atoms with E-state index in [0.29, 0.717) is 0 Å². The number of hydrogen-bond acceptors (Lipinski definition) is 3. The van der Waals surface area contributed by atoms with Gasteiger partial charge in [-0.2, -0.15) is 0 Å². The number of fused-ring (bicyclic) bond motifs is 10. The second-order valence-corrected chi connectivity index (χ2v) is 12.9. The van der Waals surface area contributed by atoms with E-state index >= 15 is 0 Å². The monoisotopic (exact) mass is 596 g/mol. The van der Waals surface area contributed by atoms with Crippen molar-refractivity contribution in [1.82, 2.24) is 19.8 Å². The molecule has 4 heterocycles. The second kappa shape index (κ2) is 9.57. The molecule has 0 spiro atoms. The minimum Gasteiger partial charge on any atom is -0.352 e. The highest BCUT2D eigenvalue weighted by Gasteiger charge is 2.23. The third-order valence-corrected chi connectivity index (χ3v) is 10.6. The molecule has 10 rings (SSSR count). The predicted octanol–water partition coefficient (Wildman–Crippen LogP) is 9.95. The smallest absolute Gasteiger partial charge is 0.160 e. The summed E-state index contributed by atoms with van der Waals surface area (Å²) in [4.78, 5) is 0. The molecule has 1 unspecified atom stereocenters. The Balaban J connectivity index is 1.10. The minimum atomic E-state index is -0.101. The quantitative estimate of drug-likeness (QED) is 0.213. The van der Waals surface area contributed by atoms with Gasteiger partial charge in [-0.15, -0.1) is 11.3 Å². The van der Waals surface area contributed by atoms with Crippen LogP contribution in [0.15, 0.2) is 140 Å². The summed E-state index contributed by atoms with van der Waals surface area (Å²) in [5.41, 5.74) is 8.37. The average molecular weight is 597 g/mol. The highest BCUT2D eigenvalue weighted by molar-refractivity contribution is 7.26. The van der Waals surface area contributed by atoms with Gasteiger partial charge in [-0.05, 0) is 54.1 Å². The van der Waals surface area contributed by atoms with Crippen molar-refractivity contribution in [3.63, 3.8) is 0 Å². The van der Waals surface area contributed by atoms with Crippen molar-refractivity contribution in [3.05, 3.63) is 145 Å². The van der Waals surface area contributed by atoms with Crippen LogP contribution in [0.3, 0.4) is 0 Å². The lowest BCUT2D eigenvalue weighted by Crippen LogP contribution is -2.41. The standard InChI is InChI=1S/C40H28N4S/c1-5-16-33-27(12-1)28-13-2-6-17-34(28)43(33)26-11-9-10-25(24-26)32-22-23-41-40(42-32)44-35-18-7-3-15-31(35)38-36(44)21-20-30-29-14-4-8-19-37(29)45-39(30)38/h1-22,24,40-42H,23H2. The molecule has 1 aliphatic rings. The summed E-state index contributed by atoms with van der Waals surface area (Å²) in [5.74, 6) is 0. The van der Waals surface area contributed by atoms with Crippen LogP contribution in [-0.2, 0) is 0 Å². The Labute approximate surface area is 263 Å².